The highest BCUT2D eigenvalue weighted by Gasteiger charge is 2.28. The molecule has 1 amide bonds. The van der Waals surface area contributed by atoms with Crippen molar-refractivity contribution in [3.8, 4) is 0 Å². The maximum absolute atomic E-state index is 12.6. The predicted molar refractivity (Wildman–Crippen MR) is 106 cm³/mol. The van der Waals surface area contributed by atoms with E-state index in [0.29, 0.717) is 5.02 Å². The summed E-state index contributed by atoms with van der Waals surface area (Å²) in [5.74, 6) is -0.0118. The largest absolute Gasteiger partial charge is 0.339 e. The lowest BCUT2D eigenvalue weighted by molar-refractivity contribution is -0.131. The molecule has 0 saturated carbocycles. The zero-order valence-corrected chi connectivity index (χ0v) is 16.5. The van der Waals surface area contributed by atoms with E-state index in [0.717, 1.165) is 25.8 Å². The Morgan fingerprint density at radius 2 is 1.93 bits per heavy atom. The van der Waals surface area contributed by atoms with Gasteiger partial charge in [0.1, 0.15) is 0 Å². The number of sulfonamides is 1. The summed E-state index contributed by atoms with van der Waals surface area (Å²) < 4.78 is 27.1. The SMILES string of the molecule is O=C(CCNS(=O)(=O)c1cccc(Cl)c1)N1CCCC1Cc1ccccc1. The molecular weight excluding hydrogens is 384 g/mol. The van der Waals surface area contributed by atoms with Crippen molar-refractivity contribution in [1.82, 2.24) is 9.62 Å². The summed E-state index contributed by atoms with van der Waals surface area (Å²) in [4.78, 5) is 14.6. The smallest absolute Gasteiger partial charge is 0.240 e. The molecule has 1 unspecified atom stereocenters. The van der Waals surface area contributed by atoms with E-state index in [1.54, 1.807) is 12.1 Å². The lowest BCUT2D eigenvalue weighted by Crippen LogP contribution is -2.38. The van der Waals surface area contributed by atoms with Crippen LogP contribution in [0.4, 0.5) is 0 Å². The van der Waals surface area contributed by atoms with E-state index in [1.807, 2.05) is 23.1 Å². The first-order valence-corrected chi connectivity index (χ1v) is 10.9. The number of nitrogens with zero attached hydrogens (tertiary/aromatic N) is 1. The van der Waals surface area contributed by atoms with Crippen LogP contribution in [0, 0.1) is 0 Å². The molecule has 1 saturated heterocycles. The second-order valence-electron chi connectivity index (χ2n) is 6.68. The van der Waals surface area contributed by atoms with E-state index in [4.69, 9.17) is 11.6 Å². The van der Waals surface area contributed by atoms with E-state index in [9.17, 15) is 13.2 Å². The van der Waals surface area contributed by atoms with Crippen molar-refractivity contribution in [3.05, 3.63) is 65.2 Å². The Kier molecular flexibility index (Phi) is 6.52. The number of rotatable bonds is 7. The van der Waals surface area contributed by atoms with Crippen LogP contribution in [0.5, 0.6) is 0 Å². The highest BCUT2D eigenvalue weighted by atomic mass is 35.5. The Labute approximate surface area is 165 Å². The minimum atomic E-state index is -3.67. The summed E-state index contributed by atoms with van der Waals surface area (Å²) in [6, 6.07) is 16.4. The monoisotopic (exact) mass is 406 g/mol. The third-order valence-electron chi connectivity index (χ3n) is 4.75. The van der Waals surface area contributed by atoms with Crippen molar-refractivity contribution in [2.75, 3.05) is 13.1 Å². The van der Waals surface area contributed by atoms with Crippen LogP contribution in [0.2, 0.25) is 5.02 Å². The molecule has 0 aromatic heterocycles. The normalized spacial score (nSPS) is 17.2. The number of carbonyl (C=O) groups is 1. The quantitative estimate of drug-likeness (QED) is 0.767. The fourth-order valence-corrected chi connectivity index (χ4v) is 4.75. The first kappa shape index (κ1) is 19.9. The molecule has 0 bridgehead atoms. The van der Waals surface area contributed by atoms with Crippen LogP contribution in [0.1, 0.15) is 24.8 Å². The van der Waals surface area contributed by atoms with Gasteiger partial charge in [0, 0.05) is 30.6 Å². The molecule has 7 heteroatoms. The van der Waals surface area contributed by atoms with Gasteiger partial charge in [-0.15, -0.1) is 0 Å². The molecule has 5 nitrogen and oxygen atoms in total. The van der Waals surface area contributed by atoms with Gasteiger partial charge in [-0.3, -0.25) is 4.79 Å². The van der Waals surface area contributed by atoms with Gasteiger partial charge in [-0.05, 0) is 43.0 Å². The molecule has 144 valence electrons. The van der Waals surface area contributed by atoms with Crippen molar-refractivity contribution in [2.45, 2.75) is 36.6 Å². The van der Waals surface area contributed by atoms with Crippen molar-refractivity contribution in [3.63, 3.8) is 0 Å². The van der Waals surface area contributed by atoms with Gasteiger partial charge in [0.25, 0.3) is 0 Å². The molecule has 3 rings (SSSR count). The zero-order valence-electron chi connectivity index (χ0n) is 15.0. The fraction of sp³-hybridized carbons (Fsp3) is 0.350. The van der Waals surface area contributed by atoms with E-state index >= 15 is 0 Å². The Hall–Kier alpha value is -1.89. The van der Waals surface area contributed by atoms with Crippen LogP contribution < -0.4 is 4.72 Å². The molecular formula is C20H23ClN2O3S. The molecule has 2 aromatic carbocycles. The Morgan fingerprint density at radius 1 is 1.15 bits per heavy atom. The van der Waals surface area contributed by atoms with Crippen molar-refractivity contribution < 1.29 is 13.2 Å². The summed E-state index contributed by atoms with van der Waals surface area (Å²) in [5.41, 5.74) is 1.21. The van der Waals surface area contributed by atoms with Gasteiger partial charge >= 0.3 is 0 Å². The third kappa shape index (κ3) is 5.31. The van der Waals surface area contributed by atoms with Crippen molar-refractivity contribution >= 4 is 27.5 Å². The lowest BCUT2D eigenvalue weighted by Gasteiger charge is -2.25. The number of carbonyl (C=O) groups excluding carboxylic acids is 1. The van der Waals surface area contributed by atoms with Crippen LogP contribution in [0.3, 0.4) is 0 Å². The van der Waals surface area contributed by atoms with Crippen LogP contribution in [-0.4, -0.2) is 38.4 Å². The Bertz CT molecular complexity index is 887. The molecule has 0 radical (unpaired) electrons. The lowest BCUT2D eigenvalue weighted by atomic mass is 10.0. The van der Waals surface area contributed by atoms with E-state index in [1.165, 1.54) is 17.7 Å². The standard InChI is InChI=1S/C20H23ClN2O3S/c21-17-8-4-10-19(15-17)27(25,26)22-12-11-20(24)23-13-5-9-18(23)14-16-6-2-1-3-7-16/h1-4,6-8,10,15,18,22H,5,9,11-14H2. The topological polar surface area (TPSA) is 66.5 Å². The molecule has 1 N–H and O–H groups in total. The van der Waals surface area contributed by atoms with Gasteiger partial charge < -0.3 is 4.90 Å². The Morgan fingerprint density at radius 3 is 2.67 bits per heavy atom. The van der Waals surface area contributed by atoms with Gasteiger partial charge in [-0.1, -0.05) is 48.0 Å². The number of benzene rings is 2. The summed E-state index contributed by atoms with van der Waals surface area (Å²) in [7, 11) is -3.67. The summed E-state index contributed by atoms with van der Waals surface area (Å²) in [6.07, 6.45) is 2.94. The number of nitrogens with one attached hydrogen (secondary N) is 1. The molecule has 0 spiro atoms. The van der Waals surface area contributed by atoms with Crippen molar-refractivity contribution in [2.24, 2.45) is 0 Å². The van der Waals surface area contributed by atoms with E-state index in [-0.39, 0.29) is 29.8 Å². The average Bonchev–Trinajstić information content (AvgIpc) is 3.10. The summed E-state index contributed by atoms with van der Waals surface area (Å²) >= 11 is 5.85. The maximum atomic E-state index is 12.6. The van der Waals surface area contributed by atoms with Crippen LogP contribution in [-0.2, 0) is 21.2 Å². The molecule has 1 heterocycles. The summed E-state index contributed by atoms with van der Waals surface area (Å²) in [6.45, 7) is 0.805. The first-order valence-electron chi connectivity index (χ1n) is 9.04. The van der Waals surface area contributed by atoms with Crippen LogP contribution in [0.25, 0.3) is 0 Å². The number of amides is 1. The van der Waals surface area contributed by atoms with Gasteiger partial charge in [0.05, 0.1) is 4.90 Å². The molecule has 27 heavy (non-hydrogen) atoms. The second-order valence-corrected chi connectivity index (χ2v) is 8.88. The number of hydrogen-bond acceptors (Lipinski definition) is 3. The molecule has 1 aliphatic rings. The van der Waals surface area contributed by atoms with Gasteiger partial charge in [-0.2, -0.15) is 0 Å². The fourth-order valence-electron chi connectivity index (χ4n) is 3.42. The van der Waals surface area contributed by atoms with E-state index in [2.05, 4.69) is 16.9 Å². The van der Waals surface area contributed by atoms with Crippen molar-refractivity contribution in [1.29, 1.82) is 0 Å². The highest BCUT2D eigenvalue weighted by molar-refractivity contribution is 7.89. The maximum Gasteiger partial charge on any atom is 0.240 e. The number of likely N-dealkylation sites (tertiary alicyclic amines) is 1. The third-order valence-corrected chi connectivity index (χ3v) is 6.44. The number of halogens is 1. The minimum Gasteiger partial charge on any atom is -0.339 e. The van der Waals surface area contributed by atoms with Crippen LogP contribution >= 0.6 is 11.6 Å². The molecule has 1 fully saturated rings. The van der Waals surface area contributed by atoms with Crippen LogP contribution in [0.15, 0.2) is 59.5 Å². The molecule has 0 aliphatic carbocycles. The van der Waals surface area contributed by atoms with Gasteiger partial charge in [0.2, 0.25) is 15.9 Å². The van der Waals surface area contributed by atoms with E-state index < -0.39 is 10.0 Å². The highest BCUT2D eigenvalue weighted by Crippen LogP contribution is 2.22. The average molecular weight is 407 g/mol. The second kappa shape index (κ2) is 8.87. The Balaban J connectivity index is 1.54. The molecule has 1 atom stereocenters. The molecule has 2 aromatic rings. The first-order chi connectivity index (χ1) is 13.0. The zero-order chi connectivity index (χ0) is 19.3. The summed E-state index contributed by atoms with van der Waals surface area (Å²) in [5, 5.41) is 0.356. The minimum absolute atomic E-state index is 0.0118. The van der Waals surface area contributed by atoms with Gasteiger partial charge in [0.15, 0.2) is 0 Å². The molecule has 1 aliphatic heterocycles. The number of hydrogen-bond donors (Lipinski definition) is 1. The van der Waals surface area contributed by atoms with Gasteiger partial charge in [-0.25, -0.2) is 13.1 Å². The predicted octanol–water partition coefficient (Wildman–Crippen LogP) is 3.24.